The monoisotopic (exact) mass is 457 g/mol. The Labute approximate surface area is 167 Å². The summed E-state index contributed by atoms with van der Waals surface area (Å²) >= 11 is 11.0. The number of benzene rings is 1. The van der Waals surface area contributed by atoms with Gasteiger partial charge in [-0.3, -0.25) is 4.99 Å². The molecule has 0 saturated carbocycles. The molecule has 1 N–H and O–H groups in total. The fourth-order valence-electron chi connectivity index (χ4n) is 2.56. The van der Waals surface area contributed by atoms with Gasteiger partial charge in [-0.25, -0.2) is 14.2 Å². The number of nitrogens with zero attached hydrogens (tertiary/aromatic N) is 2. The van der Waals surface area contributed by atoms with Crippen molar-refractivity contribution in [3.05, 3.63) is 62.5 Å². The molecule has 136 valence electrons. The van der Waals surface area contributed by atoms with Crippen LogP contribution in [-0.4, -0.2) is 28.7 Å². The van der Waals surface area contributed by atoms with Crippen LogP contribution in [0.4, 0.5) is 4.39 Å². The zero-order valence-corrected chi connectivity index (χ0v) is 16.8. The average molecular weight is 459 g/mol. The van der Waals surface area contributed by atoms with Gasteiger partial charge in [0.1, 0.15) is 11.9 Å². The van der Waals surface area contributed by atoms with Crippen molar-refractivity contribution in [3.63, 3.8) is 0 Å². The van der Waals surface area contributed by atoms with E-state index in [0.717, 1.165) is 0 Å². The van der Waals surface area contributed by atoms with Crippen LogP contribution >= 0.6 is 38.9 Å². The number of esters is 1. The molecule has 5 nitrogen and oxygen atoms in total. The minimum Gasteiger partial charge on any atom is -0.463 e. The molecule has 1 aromatic carbocycles. The predicted octanol–water partition coefficient (Wildman–Crippen LogP) is 4.24. The number of halogens is 3. The van der Waals surface area contributed by atoms with Crippen molar-refractivity contribution < 1.29 is 13.9 Å². The Bertz CT molecular complexity index is 886. The molecule has 9 heteroatoms. The molecular formula is C17H14BrClFN3O2S. The van der Waals surface area contributed by atoms with Crippen molar-refractivity contribution >= 4 is 50.7 Å². The van der Waals surface area contributed by atoms with Crippen molar-refractivity contribution in [1.82, 2.24) is 10.3 Å². The van der Waals surface area contributed by atoms with Gasteiger partial charge in [0.15, 0.2) is 10.8 Å². The minimum absolute atomic E-state index is 0.0719. The van der Waals surface area contributed by atoms with Crippen molar-refractivity contribution in [3.8, 4) is 0 Å². The quantitative estimate of drug-likeness (QED) is 0.538. The SMILES string of the molecule is CCOC(=O)C1=C(CBr)NC(c2nccs2)=NC1c1cccc(F)c1Cl. The maximum atomic E-state index is 14.0. The van der Waals surface area contributed by atoms with Crippen molar-refractivity contribution in [2.24, 2.45) is 4.99 Å². The number of amidine groups is 1. The molecule has 3 rings (SSSR count). The smallest absolute Gasteiger partial charge is 0.338 e. The number of nitrogens with one attached hydrogen (secondary N) is 1. The number of thiazole rings is 1. The highest BCUT2D eigenvalue weighted by Crippen LogP contribution is 2.37. The topological polar surface area (TPSA) is 63.6 Å². The predicted molar refractivity (Wildman–Crippen MR) is 103 cm³/mol. The number of allylic oxidation sites excluding steroid dienone is 1. The molecule has 2 heterocycles. The maximum absolute atomic E-state index is 14.0. The van der Waals surface area contributed by atoms with Gasteiger partial charge in [0.05, 0.1) is 17.2 Å². The highest BCUT2D eigenvalue weighted by Gasteiger charge is 2.33. The number of ether oxygens (including phenoxy) is 1. The van der Waals surface area contributed by atoms with Crippen molar-refractivity contribution in [2.45, 2.75) is 13.0 Å². The van der Waals surface area contributed by atoms with Crippen LogP contribution < -0.4 is 5.32 Å². The second-order valence-electron chi connectivity index (χ2n) is 5.23. The lowest BCUT2D eigenvalue weighted by molar-refractivity contribution is -0.138. The maximum Gasteiger partial charge on any atom is 0.338 e. The fourth-order valence-corrected chi connectivity index (χ4v) is 3.82. The molecule has 0 radical (unpaired) electrons. The number of rotatable bonds is 5. The number of alkyl halides is 1. The molecule has 0 amide bonds. The number of carbonyl (C=O) groups excluding carboxylic acids is 1. The number of carbonyl (C=O) groups is 1. The van der Waals surface area contributed by atoms with Crippen LogP contribution in [0.25, 0.3) is 0 Å². The molecule has 26 heavy (non-hydrogen) atoms. The summed E-state index contributed by atoms with van der Waals surface area (Å²) in [7, 11) is 0. The summed E-state index contributed by atoms with van der Waals surface area (Å²) in [5.41, 5.74) is 1.26. The normalized spacial score (nSPS) is 16.9. The van der Waals surface area contributed by atoms with E-state index < -0.39 is 17.8 Å². The number of aliphatic imine (C=N–C) groups is 1. The van der Waals surface area contributed by atoms with Gasteiger partial charge >= 0.3 is 5.97 Å². The Balaban J connectivity index is 2.17. The Morgan fingerprint density at radius 2 is 2.31 bits per heavy atom. The standard InChI is InChI=1S/C17H14BrClFN3O2S/c1-2-25-17(24)12-11(8-18)22-15(16-21-6-7-26-16)23-14(12)9-4-3-5-10(20)13(9)19/h3-7,14H,2,8H2,1H3,(H,22,23). The van der Waals surface area contributed by atoms with Crippen LogP contribution in [0.3, 0.4) is 0 Å². The van der Waals surface area contributed by atoms with Crippen molar-refractivity contribution in [2.75, 3.05) is 11.9 Å². The second kappa shape index (κ2) is 8.28. The zero-order chi connectivity index (χ0) is 18.7. The first-order chi connectivity index (χ1) is 12.6. The van der Waals surface area contributed by atoms with Crippen LogP contribution in [0.15, 0.2) is 46.0 Å². The second-order valence-corrected chi connectivity index (χ2v) is 7.07. The van der Waals surface area contributed by atoms with Crippen LogP contribution in [0, 0.1) is 5.82 Å². The summed E-state index contributed by atoms with van der Waals surface area (Å²) in [6.45, 7) is 1.93. The summed E-state index contributed by atoms with van der Waals surface area (Å²) in [5.74, 6) is -0.605. The molecule has 0 saturated heterocycles. The van der Waals surface area contributed by atoms with E-state index in [1.807, 2.05) is 5.38 Å². The molecule has 1 aliphatic heterocycles. The molecule has 1 aromatic heterocycles. The minimum atomic E-state index is -0.801. The van der Waals surface area contributed by atoms with Crippen LogP contribution in [-0.2, 0) is 9.53 Å². The summed E-state index contributed by atoms with van der Waals surface area (Å²) < 4.78 is 19.2. The van der Waals surface area contributed by atoms with Gasteiger partial charge in [-0.2, -0.15) is 0 Å². The fraction of sp³-hybridized carbons (Fsp3) is 0.235. The third kappa shape index (κ3) is 3.67. The van der Waals surface area contributed by atoms with Crippen molar-refractivity contribution in [1.29, 1.82) is 0 Å². The zero-order valence-electron chi connectivity index (χ0n) is 13.6. The van der Waals surface area contributed by atoms with E-state index in [4.69, 9.17) is 16.3 Å². The molecule has 1 atom stereocenters. The van der Waals surface area contributed by atoms with E-state index in [1.165, 1.54) is 23.5 Å². The van der Waals surface area contributed by atoms with E-state index in [1.54, 1.807) is 19.2 Å². The van der Waals surface area contributed by atoms with Crippen LogP contribution in [0.1, 0.15) is 23.5 Å². The van der Waals surface area contributed by atoms with E-state index in [-0.39, 0.29) is 17.2 Å². The lowest BCUT2D eigenvalue weighted by atomic mass is 9.96. The molecule has 1 unspecified atom stereocenters. The van der Waals surface area contributed by atoms with Gasteiger partial charge < -0.3 is 10.1 Å². The molecular weight excluding hydrogens is 445 g/mol. The summed E-state index contributed by atoms with van der Waals surface area (Å²) in [6, 6.07) is 3.64. The molecule has 0 fully saturated rings. The van der Waals surface area contributed by atoms with Gasteiger partial charge in [-0.15, -0.1) is 11.3 Å². The molecule has 0 bridgehead atoms. The van der Waals surface area contributed by atoms with Gasteiger partial charge in [-0.05, 0) is 13.0 Å². The number of aromatic nitrogens is 1. The molecule has 0 aliphatic carbocycles. The summed E-state index contributed by atoms with van der Waals surface area (Å²) in [5, 5.41) is 5.88. The van der Waals surface area contributed by atoms with E-state index in [2.05, 4.69) is 31.2 Å². The van der Waals surface area contributed by atoms with Gasteiger partial charge in [0.25, 0.3) is 0 Å². The Kier molecular flexibility index (Phi) is 6.05. The van der Waals surface area contributed by atoms with E-state index in [9.17, 15) is 9.18 Å². The van der Waals surface area contributed by atoms with E-state index >= 15 is 0 Å². The molecule has 1 aliphatic rings. The van der Waals surface area contributed by atoms with Gasteiger partial charge in [0, 0.05) is 28.2 Å². The average Bonchev–Trinajstić information content (AvgIpc) is 3.18. The highest BCUT2D eigenvalue weighted by atomic mass is 79.9. The first-order valence-corrected chi connectivity index (χ1v) is 10.1. The van der Waals surface area contributed by atoms with E-state index in [0.29, 0.717) is 27.4 Å². The summed E-state index contributed by atoms with van der Waals surface area (Å²) in [4.78, 5) is 21.4. The van der Waals surface area contributed by atoms with Crippen LogP contribution in [0.2, 0.25) is 5.02 Å². The number of hydrogen-bond donors (Lipinski definition) is 1. The summed E-state index contributed by atoms with van der Waals surface area (Å²) in [6.07, 6.45) is 1.66. The van der Waals surface area contributed by atoms with Gasteiger partial charge in [-0.1, -0.05) is 39.7 Å². The number of hydrogen-bond acceptors (Lipinski definition) is 6. The Morgan fingerprint density at radius 3 is 2.96 bits per heavy atom. The lowest BCUT2D eigenvalue weighted by Gasteiger charge is -2.26. The van der Waals surface area contributed by atoms with Gasteiger partial charge in [0.2, 0.25) is 0 Å². The highest BCUT2D eigenvalue weighted by molar-refractivity contribution is 9.09. The van der Waals surface area contributed by atoms with Crippen LogP contribution in [0.5, 0.6) is 0 Å². The largest absolute Gasteiger partial charge is 0.463 e. The molecule has 2 aromatic rings. The Morgan fingerprint density at radius 1 is 1.50 bits per heavy atom. The first-order valence-electron chi connectivity index (χ1n) is 7.71. The molecule has 0 spiro atoms. The lowest BCUT2D eigenvalue weighted by Crippen LogP contribution is -2.34. The third-order valence-electron chi connectivity index (χ3n) is 3.67. The third-order valence-corrected chi connectivity index (χ3v) is 5.41. The first kappa shape index (κ1) is 19.0. The Hall–Kier alpha value is -1.77.